The Bertz CT molecular complexity index is 744. The normalized spacial score (nSPS) is 17.0. The fourth-order valence-electron chi connectivity index (χ4n) is 3.01. The van der Waals surface area contributed by atoms with E-state index >= 15 is 0 Å². The van der Waals surface area contributed by atoms with Crippen LogP contribution >= 0.6 is 0 Å². The number of benzene rings is 2. The van der Waals surface area contributed by atoms with Crippen LogP contribution in [0.1, 0.15) is 29.3 Å². The summed E-state index contributed by atoms with van der Waals surface area (Å²) in [6.45, 7) is 3.76. The summed E-state index contributed by atoms with van der Waals surface area (Å²) in [5.74, 6) is -0.0305. The van der Waals surface area contributed by atoms with E-state index in [4.69, 9.17) is 4.74 Å². The van der Waals surface area contributed by atoms with Crippen molar-refractivity contribution in [3.63, 3.8) is 0 Å². The van der Waals surface area contributed by atoms with Gasteiger partial charge in [0.05, 0.1) is 12.7 Å². The number of rotatable bonds is 5. The molecule has 1 N–H and O–H groups in total. The molecule has 1 saturated heterocycles. The molecule has 1 fully saturated rings. The molecule has 0 aromatic heterocycles. The van der Waals surface area contributed by atoms with Gasteiger partial charge in [-0.05, 0) is 43.2 Å². The summed E-state index contributed by atoms with van der Waals surface area (Å²) in [5.41, 5.74) is 2.47. The number of hydrogen-bond acceptors (Lipinski definition) is 3. The number of carbonyl (C=O) groups excluding carboxylic acids is 2. The lowest BCUT2D eigenvalue weighted by Gasteiger charge is -2.31. The Morgan fingerprint density at radius 2 is 1.85 bits per heavy atom. The smallest absolute Gasteiger partial charge is 0.254 e. The molecule has 2 aromatic carbocycles. The highest BCUT2D eigenvalue weighted by atomic mass is 16.5. The van der Waals surface area contributed by atoms with Crippen LogP contribution < -0.4 is 5.32 Å². The molecule has 2 amide bonds. The van der Waals surface area contributed by atoms with Crippen molar-refractivity contribution in [1.29, 1.82) is 0 Å². The van der Waals surface area contributed by atoms with Crippen molar-refractivity contribution in [2.45, 2.75) is 25.9 Å². The average Bonchev–Trinajstić information content (AvgIpc) is 2.67. The summed E-state index contributed by atoms with van der Waals surface area (Å²) in [5, 5.41) is 2.88. The molecule has 1 aliphatic heterocycles. The van der Waals surface area contributed by atoms with Crippen LogP contribution in [-0.2, 0) is 16.0 Å². The monoisotopic (exact) mass is 352 g/mol. The standard InChI is InChI=1S/C21H24N2O3/c1-16-15-23(13-14-26-16)21(25)18-8-10-19(11-9-18)22-20(24)12-7-17-5-3-2-4-6-17/h2-6,8-11,16H,7,12-15H2,1H3,(H,22,24). The molecule has 1 atom stereocenters. The molecule has 5 nitrogen and oxygen atoms in total. The van der Waals surface area contributed by atoms with E-state index in [1.807, 2.05) is 42.2 Å². The van der Waals surface area contributed by atoms with Crippen LogP contribution in [0.25, 0.3) is 0 Å². The quantitative estimate of drug-likeness (QED) is 0.899. The third kappa shape index (κ3) is 4.92. The van der Waals surface area contributed by atoms with Crippen molar-refractivity contribution >= 4 is 17.5 Å². The van der Waals surface area contributed by atoms with E-state index in [1.54, 1.807) is 24.3 Å². The highest BCUT2D eigenvalue weighted by Gasteiger charge is 2.22. The van der Waals surface area contributed by atoms with Gasteiger partial charge in [0.1, 0.15) is 0 Å². The molecule has 1 heterocycles. The predicted octanol–water partition coefficient (Wildman–Crippen LogP) is 3.12. The molecule has 1 aliphatic rings. The SMILES string of the molecule is CC1CN(C(=O)c2ccc(NC(=O)CCc3ccccc3)cc2)CCO1. The van der Waals surface area contributed by atoms with Crippen LogP contribution in [0.5, 0.6) is 0 Å². The molecule has 0 radical (unpaired) electrons. The maximum absolute atomic E-state index is 12.5. The molecule has 26 heavy (non-hydrogen) atoms. The zero-order valence-electron chi connectivity index (χ0n) is 15.0. The number of aryl methyl sites for hydroxylation is 1. The van der Waals surface area contributed by atoms with Crippen LogP contribution in [0.4, 0.5) is 5.69 Å². The lowest BCUT2D eigenvalue weighted by atomic mass is 10.1. The number of ether oxygens (including phenoxy) is 1. The second kappa shape index (κ2) is 8.63. The molecule has 136 valence electrons. The first-order chi connectivity index (χ1) is 12.6. The fourth-order valence-corrected chi connectivity index (χ4v) is 3.01. The van der Waals surface area contributed by atoms with E-state index in [2.05, 4.69) is 5.32 Å². The maximum Gasteiger partial charge on any atom is 0.254 e. The average molecular weight is 352 g/mol. The van der Waals surface area contributed by atoms with Gasteiger partial charge in [0.15, 0.2) is 0 Å². The second-order valence-corrected chi connectivity index (χ2v) is 6.54. The van der Waals surface area contributed by atoms with Gasteiger partial charge in [-0.15, -0.1) is 0 Å². The van der Waals surface area contributed by atoms with Gasteiger partial charge in [0, 0.05) is 30.8 Å². The Morgan fingerprint density at radius 1 is 1.12 bits per heavy atom. The molecule has 5 heteroatoms. The highest BCUT2D eigenvalue weighted by molar-refractivity contribution is 5.96. The first-order valence-electron chi connectivity index (χ1n) is 8.96. The van der Waals surface area contributed by atoms with Crippen molar-refractivity contribution in [3.8, 4) is 0 Å². The molecule has 3 rings (SSSR count). The molecular formula is C21H24N2O3. The van der Waals surface area contributed by atoms with Crippen LogP contribution in [-0.4, -0.2) is 42.5 Å². The fraction of sp³-hybridized carbons (Fsp3) is 0.333. The van der Waals surface area contributed by atoms with E-state index in [0.29, 0.717) is 43.8 Å². The lowest BCUT2D eigenvalue weighted by molar-refractivity contribution is -0.116. The van der Waals surface area contributed by atoms with E-state index in [-0.39, 0.29) is 17.9 Å². The van der Waals surface area contributed by atoms with Crippen molar-refractivity contribution in [1.82, 2.24) is 4.90 Å². The van der Waals surface area contributed by atoms with Crippen LogP contribution in [0.2, 0.25) is 0 Å². The Hall–Kier alpha value is -2.66. The zero-order valence-corrected chi connectivity index (χ0v) is 15.0. The Labute approximate surface area is 154 Å². The Balaban J connectivity index is 1.52. The van der Waals surface area contributed by atoms with Gasteiger partial charge >= 0.3 is 0 Å². The van der Waals surface area contributed by atoms with Gasteiger partial charge in [0.25, 0.3) is 5.91 Å². The van der Waals surface area contributed by atoms with E-state index in [1.165, 1.54) is 0 Å². The number of anilines is 1. The molecule has 0 bridgehead atoms. The number of amides is 2. The largest absolute Gasteiger partial charge is 0.375 e. The van der Waals surface area contributed by atoms with Gasteiger partial charge in [-0.1, -0.05) is 30.3 Å². The predicted molar refractivity (Wildman–Crippen MR) is 101 cm³/mol. The highest BCUT2D eigenvalue weighted by Crippen LogP contribution is 2.14. The van der Waals surface area contributed by atoms with Gasteiger partial charge in [-0.2, -0.15) is 0 Å². The maximum atomic E-state index is 12.5. The lowest BCUT2D eigenvalue weighted by Crippen LogP contribution is -2.44. The molecule has 0 aliphatic carbocycles. The van der Waals surface area contributed by atoms with Crippen molar-refractivity contribution in [2.75, 3.05) is 25.0 Å². The van der Waals surface area contributed by atoms with E-state index in [0.717, 1.165) is 5.56 Å². The third-order valence-electron chi connectivity index (χ3n) is 4.43. The molecule has 1 unspecified atom stereocenters. The minimum absolute atomic E-state index is 0.00195. The summed E-state index contributed by atoms with van der Waals surface area (Å²) in [7, 11) is 0. The first-order valence-corrected chi connectivity index (χ1v) is 8.96. The number of morpholine rings is 1. The van der Waals surface area contributed by atoms with Crippen molar-refractivity contribution < 1.29 is 14.3 Å². The first kappa shape index (κ1) is 18.1. The third-order valence-corrected chi connectivity index (χ3v) is 4.43. The van der Waals surface area contributed by atoms with Crippen LogP contribution in [0.3, 0.4) is 0 Å². The number of nitrogens with one attached hydrogen (secondary N) is 1. The van der Waals surface area contributed by atoms with Crippen LogP contribution in [0, 0.1) is 0 Å². The number of hydrogen-bond donors (Lipinski definition) is 1. The van der Waals surface area contributed by atoms with Crippen molar-refractivity contribution in [3.05, 3.63) is 65.7 Å². The zero-order chi connectivity index (χ0) is 18.4. The Kier molecular flexibility index (Phi) is 6.02. The van der Waals surface area contributed by atoms with E-state index in [9.17, 15) is 9.59 Å². The van der Waals surface area contributed by atoms with Gasteiger partial charge in [-0.3, -0.25) is 9.59 Å². The minimum Gasteiger partial charge on any atom is -0.375 e. The van der Waals surface area contributed by atoms with Gasteiger partial charge < -0.3 is 15.0 Å². The summed E-state index contributed by atoms with van der Waals surface area (Å²) < 4.78 is 5.47. The topological polar surface area (TPSA) is 58.6 Å². The molecule has 0 spiro atoms. The minimum atomic E-state index is -0.0325. The summed E-state index contributed by atoms with van der Waals surface area (Å²) >= 11 is 0. The number of nitrogens with zero attached hydrogens (tertiary/aromatic N) is 1. The number of carbonyl (C=O) groups is 2. The molecular weight excluding hydrogens is 328 g/mol. The van der Waals surface area contributed by atoms with Gasteiger partial charge in [-0.25, -0.2) is 0 Å². The second-order valence-electron chi connectivity index (χ2n) is 6.54. The molecule has 0 saturated carbocycles. The summed E-state index contributed by atoms with van der Waals surface area (Å²) in [6.07, 6.45) is 1.20. The summed E-state index contributed by atoms with van der Waals surface area (Å²) in [6, 6.07) is 17.0. The van der Waals surface area contributed by atoms with Gasteiger partial charge in [0.2, 0.25) is 5.91 Å². The molecule has 2 aromatic rings. The van der Waals surface area contributed by atoms with Crippen molar-refractivity contribution in [2.24, 2.45) is 0 Å². The van der Waals surface area contributed by atoms with E-state index < -0.39 is 0 Å². The Morgan fingerprint density at radius 3 is 2.54 bits per heavy atom. The summed E-state index contributed by atoms with van der Waals surface area (Å²) in [4.78, 5) is 26.4. The van der Waals surface area contributed by atoms with Crippen LogP contribution in [0.15, 0.2) is 54.6 Å².